The van der Waals surface area contributed by atoms with Crippen LogP contribution in [-0.2, 0) is 0 Å². The number of hydrogen-bond donors (Lipinski definition) is 2. The monoisotopic (exact) mass is 261 g/mol. The number of methoxy groups -OCH3 is 1. The maximum absolute atomic E-state index is 14.2. The molecule has 0 spiro atoms. The SMILES string of the molecule is COc1cccnc1C(NN)c1cccc(C)c1F. The highest BCUT2D eigenvalue weighted by Crippen LogP contribution is 2.29. The van der Waals surface area contributed by atoms with E-state index in [2.05, 4.69) is 10.4 Å². The smallest absolute Gasteiger partial charge is 0.142 e. The predicted octanol–water partition coefficient (Wildman–Crippen LogP) is 2.09. The van der Waals surface area contributed by atoms with E-state index in [1.54, 1.807) is 50.6 Å². The first-order valence-corrected chi connectivity index (χ1v) is 5.89. The van der Waals surface area contributed by atoms with E-state index in [-0.39, 0.29) is 5.82 Å². The van der Waals surface area contributed by atoms with Gasteiger partial charge in [-0.25, -0.2) is 9.82 Å². The third-order valence-corrected chi connectivity index (χ3v) is 2.99. The summed E-state index contributed by atoms with van der Waals surface area (Å²) >= 11 is 0. The van der Waals surface area contributed by atoms with Crippen LogP contribution in [0.25, 0.3) is 0 Å². The van der Waals surface area contributed by atoms with Crippen LogP contribution in [0.2, 0.25) is 0 Å². The van der Waals surface area contributed by atoms with E-state index >= 15 is 0 Å². The Morgan fingerprint density at radius 3 is 2.79 bits per heavy atom. The van der Waals surface area contributed by atoms with Crippen LogP contribution in [0, 0.1) is 12.7 Å². The van der Waals surface area contributed by atoms with Crippen molar-refractivity contribution >= 4 is 0 Å². The highest BCUT2D eigenvalue weighted by Gasteiger charge is 2.21. The van der Waals surface area contributed by atoms with Gasteiger partial charge >= 0.3 is 0 Å². The first kappa shape index (κ1) is 13.5. The average molecular weight is 261 g/mol. The number of rotatable bonds is 4. The molecule has 0 radical (unpaired) electrons. The van der Waals surface area contributed by atoms with E-state index in [4.69, 9.17) is 10.6 Å². The third kappa shape index (κ3) is 2.57. The molecule has 0 fully saturated rings. The number of nitrogens with two attached hydrogens (primary N) is 1. The van der Waals surface area contributed by atoms with Crippen LogP contribution in [0.15, 0.2) is 36.5 Å². The van der Waals surface area contributed by atoms with Gasteiger partial charge in [0, 0.05) is 11.8 Å². The lowest BCUT2D eigenvalue weighted by Gasteiger charge is -2.19. The summed E-state index contributed by atoms with van der Waals surface area (Å²) in [7, 11) is 1.54. The zero-order chi connectivity index (χ0) is 13.8. The van der Waals surface area contributed by atoms with Crippen LogP contribution >= 0.6 is 0 Å². The zero-order valence-electron chi connectivity index (χ0n) is 10.9. The minimum absolute atomic E-state index is 0.293. The summed E-state index contributed by atoms with van der Waals surface area (Å²) in [6.07, 6.45) is 1.62. The van der Waals surface area contributed by atoms with Crippen molar-refractivity contribution in [3.8, 4) is 5.75 Å². The fraction of sp³-hybridized carbons (Fsp3) is 0.214. The quantitative estimate of drug-likeness (QED) is 0.653. The average Bonchev–Trinajstić information content (AvgIpc) is 2.45. The molecular formula is C14H16FN3O. The summed E-state index contributed by atoms with van der Waals surface area (Å²) in [4.78, 5) is 4.23. The van der Waals surface area contributed by atoms with Gasteiger partial charge in [0.15, 0.2) is 0 Å². The highest BCUT2D eigenvalue weighted by atomic mass is 19.1. The first-order chi connectivity index (χ1) is 9.19. The molecule has 0 aliphatic rings. The van der Waals surface area contributed by atoms with E-state index in [1.807, 2.05) is 0 Å². The van der Waals surface area contributed by atoms with Crippen LogP contribution in [0.3, 0.4) is 0 Å². The Bertz CT molecular complexity index is 574. The second-order valence-electron chi connectivity index (χ2n) is 4.17. The number of nitrogens with zero attached hydrogens (tertiary/aromatic N) is 1. The molecule has 1 unspecified atom stereocenters. The summed E-state index contributed by atoms with van der Waals surface area (Å²) < 4.78 is 19.4. The Labute approximate surface area is 111 Å². The molecule has 2 rings (SSSR count). The number of aromatic nitrogens is 1. The lowest BCUT2D eigenvalue weighted by Crippen LogP contribution is -2.30. The van der Waals surface area contributed by atoms with Gasteiger partial charge in [-0.15, -0.1) is 0 Å². The molecule has 100 valence electrons. The summed E-state index contributed by atoms with van der Waals surface area (Å²) in [5, 5.41) is 0. The molecule has 1 atom stereocenters. The van der Waals surface area contributed by atoms with E-state index in [1.165, 1.54) is 0 Å². The summed E-state index contributed by atoms with van der Waals surface area (Å²) in [6, 6.07) is 8.13. The molecular weight excluding hydrogens is 245 g/mol. The molecule has 1 aromatic carbocycles. The van der Waals surface area contributed by atoms with E-state index in [0.29, 0.717) is 22.6 Å². The molecule has 0 bridgehead atoms. The van der Waals surface area contributed by atoms with E-state index in [9.17, 15) is 4.39 Å². The number of nitrogens with one attached hydrogen (secondary N) is 1. The molecule has 5 heteroatoms. The number of hydrazine groups is 1. The second kappa shape index (κ2) is 5.77. The van der Waals surface area contributed by atoms with Crippen LogP contribution in [0.4, 0.5) is 4.39 Å². The topological polar surface area (TPSA) is 60.2 Å². The third-order valence-electron chi connectivity index (χ3n) is 2.99. The van der Waals surface area contributed by atoms with Gasteiger partial charge in [-0.1, -0.05) is 18.2 Å². The molecule has 0 amide bonds. The predicted molar refractivity (Wildman–Crippen MR) is 71.1 cm³/mol. The van der Waals surface area contributed by atoms with Gasteiger partial charge in [-0.2, -0.15) is 0 Å². The van der Waals surface area contributed by atoms with Crippen molar-refractivity contribution in [3.63, 3.8) is 0 Å². The van der Waals surface area contributed by atoms with Gasteiger partial charge in [0.2, 0.25) is 0 Å². The fourth-order valence-electron chi connectivity index (χ4n) is 2.00. The van der Waals surface area contributed by atoms with Crippen molar-refractivity contribution in [2.24, 2.45) is 5.84 Å². The van der Waals surface area contributed by atoms with Crippen LogP contribution in [-0.4, -0.2) is 12.1 Å². The molecule has 0 aliphatic heterocycles. The van der Waals surface area contributed by atoms with Gasteiger partial charge in [0.1, 0.15) is 17.3 Å². The number of hydrogen-bond acceptors (Lipinski definition) is 4. The van der Waals surface area contributed by atoms with Crippen molar-refractivity contribution in [2.75, 3.05) is 7.11 Å². The maximum Gasteiger partial charge on any atom is 0.142 e. The normalized spacial score (nSPS) is 12.2. The standard InChI is InChI=1S/C14H16FN3O/c1-9-5-3-6-10(12(9)15)13(18-16)14-11(19-2)7-4-8-17-14/h3-8,13,18H,16H2,1-2H3. The van der Waals surface area contributed by atoms with E-state index < -0.39 is 6.04 Å². The van der Waals surface area contributed by atoms with Gasteiger partial charge in [0.25, 0.3) is 0 Å². The second-order valence-corrected chi connectivity index (χ2v) is 4.17. The number of ether oxygens (including phenoxy) is 1. The molecule has 0 aliphatic carbocycles. The Morgan fingerprint density at radius 2 is 2.11 bits per heavy atom. The van der Waals surface area contributed by atoms with Gasteiger partial charge in [-0.3, -0.25) is 10.8 Å². The molecule has 0 saturated carbocycles. The van der Waals surface area contributed by atoms with Crippen molar-refractivity contribution in [3.05, 3.63) is 59.2 Å². The van der Waals surface area contributed by atoms with Crippen LogP contribution < -0.4 is 16.0 Å². The van der Waals surface area contributed by atoms with Crippen molar-refractivity contribution < 1.29 is 9.13 Å². The number of pyridine rings is 1. The Hall–Kier alpha value is -1.98. The van der Waals surface area contributed by atoms with Gasteiger partial charge in [-0.05, 0) is 24.6 Å². The highest BCUT2D eigenvalue weighted by molar-refractivity contribution is 5.38. The minimum atomic E-state index is -0.559. The number of aryl methyl sites for hydroxylation is 1. The number of halogens is 1. The Kier molecular flexibility index (Phi) is 4.09. The minimum Gasteiger partial charge on any atom is -0.495 e. The number of benzene rings is 1. The van der Waals surface area contributed by atoms with E-state index in [0.717, 1.165) is 0 Å². The lowest BCUT2D eigenvalue weighted by atomic mass is 10.00. The molecule has 3 N–H and O–H groups in total. The molecule has 0 saturated heterocycles. The Morgan fingerprint density at radius 1 is 1.32 bits per heavy atom. The van der Waals surface area contributed by atoms with Gasteiger partial charge < -0.3 is 4.74 Å². The van der Waals surface area contributed by atoms with Crippen molar-refractivity contribution in [2.45, 2.75) is 13.0 Å². The molecule has 1 heterocycles. The summed E-state index contributed by atoms with van der Waals surface area (Å²) in [6.45, 7) is 1.71. The van der Waals surface area contributed by atoms with Crippen molar-refractivity contribution in [1.29, 1.82) is 0 Å². The summed E-state index contributed by atoms with van der Waals surface area (Å²) in [5.74, 6) is 5.84. The maximum atomic E-state index is 14.2. The summed E-state index contributed by atoms with van der Waals surface area (Å²) in [5.41, 5.74) is 4.15. The van der Waals surface area contributed by atoms with Crippen molar-refractivity contribution in [1.82, 2.24) is 10.4 Å². The van der Waals surface area contributed by atoms with Gasteiger partial charge in [0.05, 0.1) is 13.2 Å². The zero-order valence-corrected chi connectivity index (χ0v) is 10.9. The Balaban J connectivity index is 2.53. The molecule has 2 aromatic rings. The molecule has 1 aromatic heterocycles. The molecule has 4 nitrogen and oxygen atoms in total. The first-order valence-electron chi connectivity index (χ1n) is 5.89. The fourth-order valence-corrected chi connectivity index (χ4v) is 2.00. The van der Waals surface area contributed by atoms with Crippen LogP contribution in [0.1, 0.15) is 22.9 Å². The molecule has 19 heavy (non-hydrogen) atoms. The lowest BCUT2D eigenvalue weighted by molar-refractivity contribution is 0.399. The largest absolute Gasteiger partial charge is 0.495 e. The van der Waals surface area contributed by atoms with Crippen LogP contribution in [0.5, 0.6) is 5.75 Å².